The third-order valence-corrected chi connectivity index (χ3v) is 5.06. The van der Waals surface area contributed by atoms with Crippen LogP contribution in [0, 0.1) is 0 Å². The lowest BCUT2D eigenvalue weighted by molar-refractivity contribution is -0.0586. The van der Waals surface area contributed by atoms with Gasteiger partial charge < -0.3 is 19.9 Å². The summed E-state index contributed by atoms with van der Waals surface area (Å²) in [5.74, 6) is 1.07. The Morgan fingerprint density at radius 1 is 1.11 bits per heavy atom. The second-order valence-electron chi connectivity index (χ2n) is 7.53. The van der Waals surface area contributed by atoms with Crippen molar-refractivity contribution >= 4 is 11.9 Å². The van der Waals surface area contributed by atoms with Gasteiger partial charge in [0.1, 0.15) is 0 Å². The third kappa shape index (κ3) is 5.22. The highest BCUT2D eigenvalue weighted by molar-refractivity contribution is 5.94. The number of hydrogen-bond donors (Lipinski definition) is 1. The van der Waals surface area contributed by atoms with Gasteiger partial charge in [0.25, 0.3) is 5.91 Å². The summed E-state index contributed by atoms with van der Waals surface area (Å²) in [6.07, 6.45) is 2.64. The first-order chi connectivity index (χ1) is 13.1. The molecule has 2 saturated heterocycles. The van der Waals surface area contributed by atoms with Gasteiger partial charge in [-0.3, -0.25) is 4.79 Å². The Morgan fingerprint density at radius 3 is 2.33 bits per heavy atom. The van der Waals surface area contributed by atoms with Crippen LogP contribution in [0.15, 0.2) is 29.3 Å². The molecule has 0 radical (unpaired) electrons. The predicted octanol–water partition coefficient (Wildman–Crippen LogP) is 2.50. The Kier molecular flexibility index (Phi) is 6.72. The molecule has 1 amide bonds. The number of benzene rings is 1. The number of rotatable bonds is 4. The smallest absolute Gasteiger partial charge is 0.254 e. The van der Waals surface area contributed by atoms with Crippen LogP contribution in [0.2, 0.25) is 0 Å². The summed E-state index contributed by atoms with van der Waals surface area (Å²) in [6.45, 7) is 11.1. The quantitative estimate of drug-likeness (QED) is 0.652. The van der Waals surface area contributed by atoms with E-state index in [9.17, 15) is 4.79 Å². The average molecular weight is 373 g/mol. The molecule has 2 heterocycles. The molecule has 2 unspecified atom stereocenters. The molecule has 1 N–H and O–H groups in total. The molecule has 0 spiro atoms. The van der Waals surface area contributed by atoms with Gasteiger partial charge in [-0.15, -0.1) is 0 Å². The Bertz CT molecular complexity index is 643. The van der Waals surface area contributed by atoms with E-state index in [4.69, 9.17) is 9.73 Å². The molecule has 3 rings (SSSR count). The van der Waals surface area contributed by atoms with Crippen LogP contribution >= 0.6 is 0 Å². The number of amides is 1. The first-order valence-electron chi connectivity index (χ1n) is 10.1. The zero-order valence-corrected chi connectivity index (χ0v) is 16.8. The van der Waals surface area contributed by atoms with Gasteiger partial charge in [-0.25, -0.2) is 4.99 Å². The van der Waals surface area contributed by atoms with Crippen molar-refractivity contribution in [2.45, 2.75) is 52.4 Å². The van der Waals surface area contributed by atoms with E-state index < -0.39 is 0 Å². The zero-order valence-electron chi connectivity index (χ0n) is 16.8. The zero-order chi connectivity index (χ0) is 19.2. The highest BCUT2D eigenvalue weighted by Gasteiger charge is 2.26. The molecule has 0 saturated carbocycles. The summed E-state index contributed by atoms with van der Waals surface area (Å²) >= 11 is 0. The summed E-state index contributed by atoms with van der Waals surface area (Å²) in [4.78, 5) is 21.7. The van der Waals surface area contributed by atoms with Gasteiger partial charge in [0.2, 0.25) is 0 Å². The second-order valence-corrected chi connectivity index (χ2v) is 7.53. The number of nitrogens with one attached hydrogen (secondary N) is 1. The maximum absolute atomic E-state index is 12.8. The van der Waals surface area contributed by atoms with E-state index in [-0.39, 0.29) is 18.1 Å². The van der Waals surface area contributed by atoms with E-state index in [1.54, 1.807) is 0 Å². The van der Waals surface area contributed by atoms with Crippen LogP contribution in [0.5, 0.6) is 0 Å². The van der Waals surface area contributed by atoms with Gasteiger partial charge in [0.15, 0.2) is 5.96 Å². The first-order valence-corrected chi connectivity index (χ1v) is 10.1. The third-order valence-electron chi connectivity index (χ3n) is 5.06. The van der Waals surface area contributed by atoms with E-state index in [0.717, 1.165) is 36.7 Å². The molecule has 1 aromatic rings. The predicted molar refractivity (Wildman–Crippen MR) is 108 cm³/mol. The number of carbonyl (C=O) groups is 1. The SMILES string of the molecule is CCNC(=NCc1ccc(C(=O)N2CC(C)OC(C)C2)cc1)N1CCCC1. The molecule has 0 bridgehead atoms. The van der Waals surface area contributed by atoms with Crippen molar-refractivity contribution in [1.82, 2.24) is 15.1 Å². The van der Waals surface area contributed by atoms with Crippen molar-refractivity contribution in [3.63, 3.8) is 0 Å². The van der Waals surface area contributed by atoms with Crippen LogP contribution < -0.4 is 5.32 Å². The Hall–Kier alpha value is -2.08. The molecule has 1 aromatic carbocycles. The number of guanidine groups is 1. The summed E-state index contributed by atoms with van der Waals surface area (Å²) < 4.78 is 5.72. The van der Waals surface area contributed by atoms with Crippen LogP contribution in [0.25, 0.3) is 0 Å². The summed E-state index contributed by atoms with van der Waals surface area (Å²) in [5, 5.41) is 3.38. The summed E-state index contributed by atoms with van der Waals surface area (Å²) in [6, 6.07) is 7.86. The number of likely N-dealkylation sites (tertiary alicyclic amines) is 1. The molecule has 2 atom stereocenters. The Morgan fingerprint density at radius 2 is 1.74 bits per heavy atom. The van der Waals surface area contributed by atoms with Crippen LogP contribution in [0.1, 0.15) is 49.5 Å². The number of nitrogens with zero attached hydrogens (tertiary/aromatic N) is 3. The standard InChI is InChI=1S/C21H32N4O2/c1-4-22-21(24-11-5-6-12-24)23-13-18-7-9-19(10-8-18)20(26)25-14-16(2)27-17(3)15-25/h7-10,16-17H,4-6,11-15H2,1-3H3,(H,22,23). The molecule has 27 heavy (non-hydrogen) atoms. The van der Waals surface area contributed by atoms with Crippen molar-refractivity contribution in [2.75, 3.05) is 32.7 Å². The first kappa shape index (κ1) is 19.7. The average Bonchev–Trinajstić information content (AvgIpc) is 3.19. The fraction of sp³-hybridized carbons (Fsp3) is 0.619. The molecule has 6 nitrogen and oxygen atoms in total. The summed E-state index contributed by atoms with van der Waals surface area (Å²) in [5.41, 5.74) is 1.85. The lowest BCUT2D eigenvalue weighted by atomic mass is 10.1. The largest absolute Gasteiger partial charge is 0.372 e. The molecule has 2 fully saturated rings. The number of hydrogen-bond acceptors (Lipinski definition) is 3. The number of morpholine rings is 1. The van der Waals surface area contributed by atoms with Gasteiger partial charge in [0.05, 0.1) is 18.8 Å². The molecule has 6 heteroatoms. The second kappa shape index (κ2) is 9.22. The number of ether oxygens (including phenoxy) is 1. The normalized spacial score (nSPS) is 23.6. The van der Waals surface area contributed by atoms with E-state index in [0.29, 0.717) is 19.6 Å². The topological polar surface area (TPSA) is 57.2 Å². The molecule has 2 aliphatic heterocycles. The van der Waals surface area contributed by atoms with Crippen molar-refractivity contribution in [3.05, 3.63) is 35.4 Å². The van der Waals surface area contributed by atoms with Crippen LogP contribution in [-0.2, 0) is 11.3 Å². The number of aliphatic imine (C=N–C) groups is 1. The fourth-order valence-corrected chi connectivity index (χ4v) is 3.80. The van der Waals surface area contributed by atoms with Crippen LogP contribution in [0.3, 0.4) is 0 Å². The highest BCUT2D eigenvalue weighted by atomic mass is 16.5. The van der Waals surface area contributed by atoms with E-state index in [1.807, 2.05) is 43.0 Å². The van der Waals surface area contributed by atoms with Crippen molar-refractivity contribution in [2.24, 2.45) is 4.99 Å². The fourth-order valence-electron chi connectivity index (χ4n) is 3.80. The molecule has 0 aromatic heterocycles. The number of carbonyl (C=O) groups excluding carboxylic acids is 1. The van der Waals surface area contributed by atoms with Gasteiger partial charge in [-0.1, -0.05) is 12.1 Å². The van der Waals surface area contributed by atoms with Gasteiger partial charge in [0, 0.05) is 38.3 Å². The molecule has 148 valence electrons. The summed E-state index contributed by atoms with van der Waals surface area (Å²) in [7, 11) is 0. The van der Waals surface area contributed by atoms with Crippen molar-refractivity contribution in [1.29, 1.82) is 0 Å². The maximum Gasteiger partial charge on any atom is 0.254 e. The minimum Gasteiger partial charge on any atom is -0.372 e. The highest BCUT2D eigenvalue weighted by Crippen LogP contribution is 2.15. The Balaban J connectivity index is 1.62. The van der Waals surface area contributed by atoms with Gasteiger partial charge in [-0.2, -0.15) is 0 Å². The molecule has 2 aliphatic rings. The van der Waals surface area contributed by atoms with E-state index in [2.05, 4.69) is 17.1 Å². The van der Waals surface area contributed by atoms with Crippen LogP contribution in [0.4, 0.5) is 0 Å². The van der Waals surface area contributed by atoms with Crippen molar-refractivity contribution in [3.8, 4) is 0 Å². The van der Waals surface area contributed by atoms with Gasteiger partial charge >= 0.3 is 0 Å². The van der Waals surface area contributed by atoms with Crippen molar-refractivity contribution < 1.29 is 9.53 Å². The Labute approximate surface area is 162 Å². The maximum atomic E-state index is 12.8. The molecule has 0 aliphatic carbocycles. The minimum atomic E-state index is 0.0810. The minimum absolute atomic E-state index is 0.0810. The molecular formula is C21H32N4O2. The molecular weight excluding hydrogens is 340 g/mol. The lowest BCUT2D eigenvalue weighted by Gasteiger charge is -2.35. The van der Waals surface area contributed by atoms with Gasteiger partial charge in [-0.05, 0) is 51.3 Å². The monoisotopic (exact) mass is 372 g/mol. The lowest BCUT2D eigenvalue weighted by Crippen LogP contribution is -2.48. The van der Waals surface area contributed by atoms with Crippen LogP contribution in [-0.4, -0.2) is 66.6 Å². The van der Waals surface area contributed by atoms with E-state index in [1.165, 1.54) is 12.8 Å². The van der Waals surface area contributed by atoms with E-state index >= 15 is 0 Å².